The molecule has 3 rings (SSSR count). The van der Waals surface area contributed by atoms with Crippen LogP contribution in [0.1, 0.15) is 24.4 Å². The van der Waals surface area contributed by atoms with E-state index in [1.165, 1.54) is 0 Å². The number of hydrogen-bond donors (Lipinski definition) is 2. The van der Waals surface area contributed by atoms with Crippen molar-refractivity contribution in [3.8, 4) is 0 Å². The highest BCUT2D eigenvalue weighted by Gasteiger charge is 2.14. The van der Waals surface area contributed by atoms with Crippen LogP contribution in [-0.2, 0) is 0 Å². The maximum Gasteiger partial charge on any atom is 0.115 e. The zero-order chi connectivity index (χ0) is 13.2. The summed E-state index contributed by atoms with van der Waals surface area (Å²) in [5.41, 5.74) is 10.5. The molecule has 2 heterocycles. The number of anilines is 2. The first kappa shape index (κ1) is 12.4. The summed E-state index contributed by atoms with van der Waals surface area (Å²) in [6.45, 7) is 2.14. The van der Waals surface area contributed by atoms with E-state index in [4.69, 9.17) is 5.73 Å². The van der Waals surface area contributed by atoms with Gasteiger partial charge in [0.15, 0.2) is 0 Å². The molecule has 1 atom stereocenters. The lowest BCUT2D eigenvalue weighted by atomic mass is 10.2. The molecule has 0 spiro atoms. The molecule has 0 radical (unpaired) electrons. The minimum absolute atomic E-state index is 0.193. The molecule has 1 aromatic carbocycles. The molecule has 19 heavy (non-hydrogen) atoms. The van der Waals surface area contributed by atoms with Gasteiger partial charge in [-0.05, 0) is 18.6 Å². The van der Waals surface area contributed by atoms with Gasteiger partial charge in [-0.3, -0.25) is 0 Å². The number of rotatable bonds is 4. The zero-order valence-electron chi connectivity index (χ0n) is 10.5. The zero-order valence-corrected chi connectivity index (χ0v) is 12.1. The van der Waals surface area contributed by atoms with E-state index < -0.39 is 0 Å². The van der Waals surface area contributed by atoms with Crippen LogP contribution in [0, 0.1) is 0 Å². The fourth-order valence-electron chi connectivity index (χ4n) is 2.01. The first-order chi connectivity index (χ1) is 9.29. The highest BCUT2D eigenvalue weighted by atomic mass is 32.1. The predicted molar refractivity (Wildman–Crippen MR) is 82.8 cm³/mol. The number of thiazole rings is 2. The van der Waals surface area contributed by atoms with Gasteiger partial charge in [0.25, 0.3) is 0 Å². The van der Waals surface area contributed by atoms with Crippen LogP contribution in [0.5, 0.6) is 0 Å². The molecule has 0 fully saturated rings. The molecule has 0 aliphatic carbocycles. The second kappa shape index (κ2) is 5.14. The van der Waals surface area contributed by atoms with Crippen molar-refractivity contribution in [1.82, 2.24) is 9.97 Å². The van der Waals surface area contributed by atoms with E-state index >= 15 is 0 Å². The summed E-state index contributed by atoms with van der Waals surface area (Å²) in [5, 5.41) is 6.55. The van der Waals surface area contributed by atoms with Crippen molar-refractivity contribution in [2.24, 2.45) is 0 Å². The van der Waals surface area contributed by atoms with Crippen molar-refractivity contribution in [2.45, 2.75) is 19.4 Å². The Balaban J connectivity index is 1.94. The molecule has 3 N–H and O–H groups in total. The summed E-state index contributed by atoms with van der Waals surface area (Å²) in [6.07, 6.45) is 2.79. The van der Waals surface area contributed by atoms with Gasteiger partial charge < -0.3 is 11.1 Å². The Morgan fingerprint density at radius 2 is 2.21 bits per heavy atom. The molecule has 6 heteroatoms. The molecule has 0 amide bonds. The van der Waals surface area contributed by atoms with Gasteiger partial charge in [-0.25, -0.2) is 9.97 Å². The van der Waals surface area contributed by atoms with E-state index in [-0.39, 0.29) is 6.04 Å². The van der Waals surface area contributed by atoms with Crippen LogP contribution in [-0.4, -0.2) is 9.97 Å². The normalized spacial score (nSPS) is 12.7. The third kappa shape index (κ3) is 2.29. The third-order valence-corrected chi connectivity index (χ3v) is 4.71. The highest BCUT2D eigenvalue weighted by molar-refractivity contribution is 7.16. The van der Waals surface area contributed by atoms with Gasteiger partial charge in [0.2, 0.25) is 0 Å². The van der Waals surface area contributed by atoms with Gasteiger partial charge in [0, 0.05) is 11.6 Å². The number of fused-ring (bicyclic) bond motifs is 1. The lowest BCUT2D eigenvalue weighted by Crippen LogP contribution is -2.10. The van der Waals surface area contributed by atoms with Crippen molar-refractivity contribution in [1.29, 1.82) is 0 Å². The highest BCUT2D eigenvalue weighted by Crippen LogP contribution is 2.33. The van der Waals surface area contributed by atoms with Crippen LogP contribution in [0.25, 0.3) is 10.2 Å². The van der Waals surface area contributed by atoms with Gasteiger partial charge in [-0.1, -0.05) is 6.92 Å². The molecule has 2 aromatic heterocycles. The van der Waals surface area contributed by atoms with Crippen LogP contribution >= 0.6 is 22.7 Å². The smallest absolute Gasteiger partial charge is 0.115 e. The molecule has 0 saturated heterocycles. The van der Waals surface area contributed by atoms with Crippen LogP contribution in [0.4, 0.5) is 11.4 Å². The molecule has 0 bridgehead atoms. The van der Waals surface area contributed by atoms with Crippen molar-refractivity contribution < 1.29 is 0 Å². The van der Waals surface area contributed by atoms with Gasteiger partial charge >= 0.3 is 0 Å². The van der Waals surface area contributed by atoms with Crippen molar-refractivity contribution in [3.05, 3.63) is 34.2 Å². The summed E-state index contributed by atoms with van der Waals surface area (Å²) in [4.78, 5) is 8.68. The van der Waals surface area contributed by atoms with Crippen LogP contribution < -0.4 is 11.1 Å². The number of benzene rings is 1. The molecule has 0 aliphatic rings. The summed E-state index contributed by atoms with van der Waals surface area (Å²) in [5.74, 6) is 0. The Labute approximate surface area is 119 Å². The maximum absolute atomic E-state index is 6.18. The fourth-order valence-corrected chi connectivity index (χ4v) is 3.48. The average Bonchev–Trinajstić information content (AvgIpc) is 3.09. The van der Waals surface area contributed by atoms with Gasteiger partial charge in [-0.15, -0.1) is 22.7 Å². The van der Waals surface area contributed by atoms with Crippen LogP contribution in [0.15, 0.2) is 29.2 Å². The Hall–Kier alpha value is -1.66. The van der Waals surface area contributed by atoms with Crippen LogP contribution in [0.3, 0.4) is 0 Å². The molecule has 1 unspecified atom stereocenters. The first-order valence-corrected chi connectivity index (χ1v) is 7.83. The summed E-state index contributed by atoms with van der Waals surface area (Å²) < 4.78 is 1.12. The van der Waals surface area contributed by atoms with Gasteiger partial charge in [0.1, 0.15) is 10.5 Å². The van der Waals surface area contributed by atoms with Crippen molar-refractivity contribution >= 4 is 44.3 Å². The lowest BCUT2D eigenvalue weighted by molar-refractivity contribution is 0.743. The molecular weight excluding hydrogens is 276 g/mol. The molecule has 3 aromatic rings. The Kier molecular flexibility index (Phi) is 3.35. The van der Waals surface area contributed by atoms with Gasteiger partial charge in [0.05, 0.1) is 27.6 Å². The first-order valence-electron chi connectivity index (χ1n) is 6.07. The fraction of sp³-hybridized carbons (Fsp3) is 0.231. The van der Waals surface area contributed by atoms with E-state index in [9.17, 15) is 0 Å². The number of hydrogen-bond acceptors (Lipinski definition) is 6. The van der Waals surface area contributed by atoms with Crippen molar-refractivity contribution in [3.63, 3.8) is 0 Å². The molecular formula is C13H14N4S2. The minimum Gasteiger partial charge on any atom is -0.395 e. The quantitative estimate of drug-likeness (QED) is 0.715. The summed E-state index contributed by atoms with van der Waals surface area (Å²) in [7, 11) is 0. The second-order valence-corrected chi connectivity index (χ2v) is 6.01. The standard InChI is InChI=1S/C13H14N4S2/c1-2-8(13-15-5-6-18-13)17-9-3-4-10-12(11(9)14)16-7-19-10/h3-8,17H,2,14H2,1H3. The number of nitrogens with zero attached hydrogens (tertiary/aromatic N) is 2. The lowest BCUT2D eigenvalue weighted by Gasteiger charge is -2.17. The largest absolute Gasteiger partial charge is 0.395 e. The van der Waals surface area contributed by atoms with Gasteiger partial charge in [-0.2, -0.15) is 0 Å². The van der Waals surface area contributed by atoms with Crippen molar-refractivity contribution in [2.75, 3.05) is 11.1 Å². The topological polar surface area (TPSA) is 63.8 Å². The van der Waals surface area contributed by atoms with Crippen LogP contribution in [0.2, 0.25) is 0 Å². The number of nitrogens with two attached hydrogens (primary N) is 1. The average molecular weight is 290 g/mol. The molecule has 98 valence electrons. The molecule has 0 saturated carbocycles. The van der Waals surface area contributed by atoms with E-state index in [0.717, 1.165) is 27.3 Å². The Morgan fingerprint density at radius 1 is 1.32 bits per heavy atom. The Bertz CT molecular complexity index is 675. The second-order valence-electron chi connectivity index (χ2n) is 4.20. The number of nitrogen functional groups attached to an aromatic ring is 1. The van der Waals surface area contributed by atoms with E-state index in [1.807, 2.05) is 23.2 Å². The molecule has 0 aliphatic heterocycles. The summed E-state index contributed by atoms with van der Waals surface area (Å²) >= 11 is 3.26. The minimum atomic E-state index is 0.193. The number of aromatic nitrogens is 2. The van der Waals surface area contributed by atoms with E-state index in [0.29, 0.717) is 5.69 Å². The third-order valence-electron chi connectivity index (χ3n) is 3.03. The van der Waals surface area contributed by atoms with E-state index in [1.54, 1.807) is 22.7 Å². The maximum atomic E-state index is 6.18. The monoisotopic (exact) mass is 290 g/mol. The summed E-state index contributed by atoms with van der Waals surface area (Å²) in [6, 6.07) is 4.27. The number of nitrogens with one attached hydrogen (secondary N) is 1. The molecule has 4 nitrogen and oxygen atoms in total. The Morgan fingerprint density at radius 3 is 2.95 bits per heavy atom. The van der Waals surface area contributed by atoms with E-state index in [2.05, 4.69) is 28.3 Å². The predicted octanol–water partition coefficient (Wildman–Crippen LogP) is 3.90. The SMILES string of the molecule is CCC(Nc1ccc2scnc2c1N)c1nccs1.